The fourth-order valence-electron chi connectivity index (χ4n) is 9.19. The SMILES string of the molecule is CCCCC/C=C\C/C=C\C/C=C\CCCCCCCCC(=O)OC(COC(=O)CCCCCCCCCCCCC)COC(=O)CCCCCCCCCCCCCCC/C=C\C/C=C\CCCCCCC. The Kier molecular flexibility index (Phi) is 59.2. The molecule has 0 aliphatic carbocycles. The summed E-state index contributed by atoms with van der Waals surface area (Å²) in [6.07, 6.45) is 78.0. The highest BCUT2D eigenvalue weighted by Gasteiger charge is 2.19. The molecule has 0 aliphatic heterocycles. The summed E-state index contributed by atoms with van der Waals surface area (Å²) in [6.45, 7) is 6.62. The van der Waals surface area contributed by atoms with Gasteiger partial charge < -0.3 is 14.2 Å². The summed E-state index contributed by atoms with van der Waals surface area (Å²) in [4.78, 5) is 38.2. The van der Waals surface area contributed by atoms with Crippen molar-refractivity contribution in [2.24, 2.45) is 0 Å². The van der Waals surface area contributed by atoms with E-state index < -0.39 is 6.10 Å². The van der Waals surface area contributed by atoms with E-state index >= 15 is 0 Å². The number of allylic oxidation sites excluding steroid dienone is 10. The van der Waals surface area contributed by atoms with E-state index in [4.69, 9.17) is 14.2 Å². The van der Waals surface area contributed by atoms with Crippen molar-refractivity contribution >= 4 is 17.9 Å². The van der Waals surface area contributed by atoms with Crippen LogP contribution >= 0.6 is 0 Å². The van der Waals surface area contributed by atoms with Crippen LogP contribution in [-0.4, -0.2) is 37.2 Å². The number of ether oxygens (including phenoxy) is 3. The standard InChI is InChI=1S/C67H120O6/c1-4-7-10-13-16-19-22-24-26-28-30-31-32-33-34-35-37-38-40-42-45-48-51-54-57-60-66(69)72-63-64(62-71-65(68)59-56-53-50-47-44-21-18-15-12-9-6-3)73-67(70)61-58-55-52-49-46-43-41-39-36-29-27-25-23-20-17-14-11-8-5-2/h17,20,22,24-25,27-28,30,36,39,64H,4-16,18-19,21,23,26,29,31-35,37-38,40-63H2,1-3H3/b20-17-,24-22-,27-25-,30-28-,39-36-. The second kappa shape index (κ2) is 61.7. The monoisotopic (exact) mass is 1020 g/mol. The summed E-state index contributed by atoms with van der Waals surface area (Å²) in [7, 11) is 0. The van der Waals surface area contributed by atoms with Crippen molar-refractivity contribution in [3.63, 3.8) is 0 Å². The number of esters is 3. The molecule has 0 aromatic heterocycles. The zero-order valence-electron chi connectivity index (χ0n) is 48.7. The van der Waals surface area contributed by atoms with Crippen molar-refractivity contribution in [2.75, 3.05) is 13.2 Å². The lowest BCUT2D eigenvalue weighted by molar-refractivity contribution is -0.167. The molecule has 0 saturated heterocycles. The van der Waals surface area contributed by atoms with Gasteiger partial charge in [-0.2, -0.15) is 0 Å². The number of carbonyl (C=O) groups is 3. The third-order valence-electron chi connectivity index (χ3n) is 14.0. The molecule has 6 nitrogen and oxygen atoms in total. The van der Waals surface area contributed by atoms with Gasteiger partial charge in [-0.3, -0.25) is 14.4 Å². The largest absolute Gasteiger partial charge is 0.462 e. The summed E-state index contributed by atoms with van der Waals surface area (Å²) in [5.41, 5.74) is 0. The first kappa shape index (κ1) is 70.1. The number of hydrogen-bond donors (Lipinski definition) is 0. The van der Waals surface area contributed by atoms with Crippen LogP contribution in [-0.2, 0) is 28.6 Å². The molecular weight excluding hydrogens is 901 g/mol. The number of hydrogen-bond acceptors (Lipinski definition) is 6. The van der Waals surface area contributed by atoms with E-state index in [0.717, 1.165) is 89.9 Å². The minimum absolute atomic E-state index is 0.0766. The normalized spacial score (nSPS) is 12.4. The van der Waals surface area contributed by atoms with E-state index in [-0.39, 0.29) is 31.1 Å². The van der Waals surface area contributed by atoms with Gasteiger partial charge in [0, 0.05) is 19.3 Å². The van der Waals surface area contributed by atoms with Gasteiger partial charge in [0.15, 0.2) is 6.10 Å². The Morgan fingerprint density at radius 1 is 0.274 bits per heavy atom. The maximum atomic E-state index is 12.9. The second-order valence-corrected chi connectivity index (χ2v) is 21.3. The third kappa shape index (κ3) is 59.9. The van der Waals surface area contributed by atoms with Crippen LogP contribution in [0, 0.1) is 0 Å². The minimum atomic E-state index is -0.780. The molecule has 0 bridgehead atoms. The topological polar surface area (TPSA) is 78.9 Å². The Morgan fingerprint density at radius 2 is 0.493 bits per heavy atom. The fraction of sp³-hybridized carbons (Fsp3) is 0.806. The van der Waals surface area contributed by atoms with E-state index in [2.05, 4.69) is 81.5 Å². The number of carbonyl (C=O) groups excluding carboxylic acids is 3. The third-order valence-corrected chi connectivity index (χ3v) is 14.0. The van der Waals surface area contributed by atoms with Crippen molar-refractivity contribution in [2.45, 2.75) is 335 Å². The van der Waals surface area contributed by atoms with Gasteiger partial charge in [-0.15, -0.1) is 0 Å². The number of rotatable bonds is 58. The highest BCUT2D eigenvalue weighted by molar-refractivity contribution is 5.71. The van der Waals surface area contributed by atoms with Gasteiger partial charge in [0.25, 0.3) is 0 Å². The fourth-order valence-corrected chi connectivity index (χ4v) is 9.19. The van der Waals surface area contributed by atoms with E-state index in [9.17, 15) is 14.4 Å². The van der Waals surface area contributed by atoms with Gasteiger partial charge in [-0.05, 0) is 89.9 Å². The molecule has 0 aromatic carbocycles. The summed E-state index contributed by atoms with van der Waals surface area (Å²) in [6, 6.07) is 0. The summed E-state index contributed by atoms with van der Waals surface area (Å²) in [5.74, 6) is -0.875. The molecule has 0 heterocycles. The molecule has 1 atom stereocenters. The first-order chi connectivity index (χ1) is 36.0. The molecule has 0 spiro atoms. The van der Waals surface area contributed by atoms with Crippen LogP contribution in [0.2, 0.25) is 0 Å². The van der Waals surface area contributed by atoms with Gasteiger partial charge in [-0.25, -0.2) is 0 Å². The highest BCUT2D eigenvalue weighted by Crippen LogP contribution is 2.17. The summed E-state index contributed by atoms with van der Waals surface area (Å²) >= 11 is 0. The Labute approximate surface area is 453 Å². The quantitative estimate of drug-likeness (QED) is 0.0261. The molecule has 0 aliphatic rings. The van der Waals surface area contributed by atoms with Crippen LogP contribution in [0.4, 0.5) is 0 Å². The summed E-state index contributed by atoms with van der Waals surface area (Å²) in [5, 5.41) is 0. The second-order valence-electron chi connectivity index (χ2n) is 21.3. The van der Waals surface area contributed by atoms with Crippen LogP contribution in [0.15, 0.2) is 60.8 Å². The Balaban J connectivity index is 4.26. The lowest BCUT2D eigenvalue weighted by Crippen LogP contribution is -2.30. The Hall–Kier alpha value is -2.89. The molecule has 0 radical (unpaired) electrons. The first-order valence-electron chi connectivity index (χ1n) is 31.8. The van der Waals surface area contributed by atoms with E-state index in [1.54, 1.807) is 0 Å². The van der Waals surface area contributed by atoms with Crippen molar-refractivity contribution < 1.29 is 28.6 Å². The van der Waals surface area contributed by atoms with Crippen molar-refractivity contribution in [1.82, 2.24) is 0 Å². The zero-order valence-corrected chi connectivity index (χ0v) is 48.7. The molecular formula is C67H120O6. The molecule has 0 saturated carbocycles. The van der Waals surface area contributed by atoms with E-state index in [1.165, 1.54) is 199 Å². The first-order valence-corrected chi connectivity index (χ1v) is 31.8. The van der Waals surface area contributed by atoms with Gasteiger partial charge in [0.1, 0.15) is 13.2 Å². The lowest BCUT2D eigenvalue weighted by Gasteiger charge is -2.18. The molecule has 0 amide bonds. The predicted octanol–water partition coefficient (Wildman–Crippen LogP) is 21.6. The lowest BCUT2D eigenvalue weighted by atomic mass is 10.0. The van der Waals surface area contributed by atoms with E-state index in [0.29, 0.717) is 19.3 Å². The molecule has 1 unspecified atom stereocenters. The highest BCUT2D eigenvalue weighted by atomic mass is 16.6. The predicted molar refractivity (Wildman–Crippen MR) is 316 cm³/mol. The van der Waals surface area contributed by atoms with Gasteiger partial charge >= 0.3 is 17.9 Å². The van der Waals surface area contributed by atoms with Crippen molar-refractivity contribution in [3.8, 4) is 0 Å². The molecule has 6 heteroatoms. The van der Waals surface area contributed by atoms with Crippen molar-refractivity contribution in [3.05, 3.63) is 60.8 Å². The van der Waals surface area contributed by atoms with Crippen molar-refractivity contribution in [1.29, 1.82) is 0 Å². The van der Waals surface area contributed by atoms with Gasteiger partial charge in [-0.1, -0.05) is 281 Å². The average Bonchev–Trinajstić information content (AvgIpc) is 3.39. The van der Waals surface area contributed by atoms with E-state index in [1.807, 2.05) is 0 Å². The molecule has 0 N–H and O–H groups in total. The van der Waals surface area contributed by atoms with Gasteiger partial charge in [0.2, 0.25) is 0 Å². The maximum Gasteiger partial charge on any atom is 0.306 e. The number of unbranched alkanes of at least 4 members (excludes halogenated alkanes) is 37. The molecule has 0 aromatic rings. The van der Waals surface area contributed by atoms with Crippen LogP contribution in [0.3, 0.4) is 0 Å². The zero-order chi connectivity index (χ0) is 52.9. The van der Waals surface area contributed by atoms with Gasteiger partial charge in [0.05, 0.1) is 0 Å². The Bertz CT molecular complexity index is 1310. The van der Waals surface area contributed by atoms with Crippen LogP contribution in [0.5, 0.6) is 0 Å². The molecule has 424 valence electrons. The minimum Gasteiger partial charge on any atom is -0.462 e. The maximum absolute atomic E-state index is 12.9. The molecule has 73 heavy (non-hydrogen) atoms. The molecule has 0 rings (SSSR count). The average molecular weight is 1020 g/mol. The van der Waals surface area contributed by atoms with Crippen LogP contribution in [0.1, 0.15) is 329 Å². The molecule has 0 fully saturated rings. The van der Waals surface area contributed by atoms with Crippen LogP contribution in [0.25, 0.3) is 0 Å². The summed E-state index contributed by atoms with van der Waals surface area (Å²) < 4.78 is 16.9. The Morgan fingerprint density at radius 3 is 0.795 bits per heavy atom. The smallest absolute Gasteiger partial charge is 0.306 e. The van der Waals surface area contributed by atoms with Crippen LogP contribution < -0.4 is 0 Å².